The van der Waals surface area contributed by atoms with Crippen molar-refractivity contribution in [3.63, 3.8) is 0 Å². The Morgan fingerprint density at radius 3 is 2.72 bits per heavy atom. The third kappa shape index (κ3) is 3.13. The molecule has 25 heavy (non-hydrogen) atoms. The number of benzene rings is 2. The van der Waals surface area contributed by atoms with Crippen molar-refractivity contribution in [2.45, 2.75) is 25.8 Å². The highest BCUT2D eigenvalue weighted by Crippen LogP contribution is 2.38. The first-order chi connectivity index (χ1) is 11.9. The lowest BCUT2D eigenvalue weighted by Gasteiger charge is -2.27. The molecule has 0 unspecified atom stereocenters. The lowest BCUT2D eigenvalue weighted by molar-refractivity contribution is 0.0732. The quantitative estimate of drug-likeness (QED) is 0.854. The first-order valence-corrected chi connectivity index (χ1v) is 8.33. The normalized spacial score (nSPS) is 16.7. The molecule has 1 aliphatic rings. The van der Waals surface area contributed by atoms with Crippen molar-refractivity contribution in [1.29, 1.82) is 5.26 Å². The van der Waals surface area contributed by atoms with E-state index in [2.05, 4.69) is 6.07 Å². The highest BCUT2D eigenvalue weighted by molar-refractivity contribution is 6.32. The zero-order chi connectivity index (χ0) is 18.1. The van der Waals surface area contributed by atoms with Crippen LogP contribution in [0.3, 0.4) is 0 Å². The molecule has 2 N–H and O–H groups in total. The number of phenolic OH excluding ortho intramolecular Hbond substituents is 2. The van der Waals surface area contributed by atoms with Crippen molar-refractivity contribution in [3.05, 3.63) is 57.6 Å². The second kappa shape index (κ2) is 6.66. The number of halogens is 1. The Morgan fingerprint density at radius 2 is 2.04 bits per heavy atom. The number of nitrogens with zero attached hydrogens (tertiary/aromatic N) is 2. The molecule has 5 nitrogen and oxygen atoms in total. The van der Waals surface area contributed by atoms with E-state index >= 15 is 0 Å². The summed E-state index contributed by atoms with van der Waals surface area (Å²) in [5.74, 6) is -0.892. The van der Waals surface area contributed by atoms with Crippen LogP contribution in [0.4, 0.5) is 0 Å². The van der Waals surface area contributed by atoms with Crippen LogP contribution in [0.2, 0.25) is 5.02 Å². The average Bonchev–Trinajstić information content (AvgIpc) is 3.06. The van der Waals surface area contributed by atoms with E-state index in [9.17, 15) is 15.0 Å². The standard InChI is InChI=1S/C19H17ClN2O3/c1-11-7-12(10-21)4-5-13(11)16-3-2-6-22(16)19(25)14-8-15(20)18(24)9-17(14)23/h4-5,7-9,16,23-24H,2-3,6H2,1H3/t16-/m1/s1. The second-order valence-corrected chi connectivity index (χ2v) is 6.57. The van der Waals surface area contributed by atoms with Crippen LogP contribution in [-0.2, 0) is 0 Å². The predicted molar refractivity (Wildman–Crippen MR) is 93.7 cm³/mol. The third-order valence-corrected chi connectivity index (χ3v) is 4.87. The summed E-state index contributed by atoms with van der Waals surface area (Å²) in [6.07, 6.45) is 1.66. The minimum atomic E-state index is -0.328. The van der Waals surface area contributed by atoms with Gasteiger partial charge in [-0.15, -0.1) is 0 Å². The van der Waals surface area contributed by atoms with E-state index in [0.717, 1.165) is 30.0 Å². The summed E-state index contributed by atoms with van der Waals surface area (Å²) in [6, 6.07) is 9.80. The number of carbonyl (C=O) groups is 1. The number of carbonyl (C=O) groups excluding carboxylic acids is 1. The maximum absolute atomic E-state index is 12.9. The van der Waals surface area contributed by atoms with E-state index in [1.807, 2.05) is 19.1 Å². The fourth-order valence-electron chi connectivity index (χ4n) is 3.33. The van der Waals surface area contributed by atoms with Crippen molar-refractivity contribution < 1.29 is 15.0 Å². The Labute approximate surface area is 150 Å². The average molecular weight is 357 g/mol. The van der Waals surface area contributed by atoms with Gasteiger partial charge in [0.05, 0.1) is 28.3 Å². The summed E-state index contributed by atoms with van der Waals surface area (Å²) in [6.45, 7) is 2.49. The zero-order valence-corrected chi connectivity index (χ0v) is 14.4. The Hall–Kier alpha value is -2.71. The van der Waals surface area contributed by atoms with Gasteiger partial charge in [0.2, 0.25) is 0 Å². The molecule has 0 aliphatic carbocycles. The molecule has 0 spiro atoms. The fraction of sp³-hybridized carbons (Fsp3) is 0.263. The largest absolute Gasteiger partial charge is 0.507 e. The van der Waals surface area contributed by atoms with Gasteiger partial charge in [-0.05, 0) is 49.1 Å². The van der Waals surface area contributed by atoms with Crippen molar-refractivity contribution in [1.82, 2.24) is 4.90 Å². The van der Waals surface area contributed by atoms with Crippen LogP contribution in [0.5, 0.6) is 11.5 Å². The van der Waals surface area contributed by atoms with Gasteiger partial charge in [0.15, 0.2) is 0 Å². The molecule has 2 aromatic rings. The third-order valence-electron chi connectivity index (χ3n) is 4.57. The van der Waals surface area contributed by atoms with Gasteiger partial charge in [0, 0.05) is 12.6 Å². The number of likely N-dealkylation sites (tertiary alicyclic amines) is 1. The summed E-state index contributed by atoms with van der Waals surface area (Å²) in [4.78, 5) is 14.6. The highest BCUT2D eigenvalue weighted by Gasteiger charge is 2.32. The van der Waals surface area contributed by atoms with E-state index < -0.39 is 0 Å². The highest BCUT2D eigenvalue weighted by atomic mass is 35.5. The van der Waals surface area contributed by atoms with Crippen LogP contribution in [0.1, 0.15) is 45.9 Å². The second-order valence-electron chi connectivity index (χ2n) is 6.16. The van der Waals surface area contributed by atoms with Gasteiger partial charge in [-0.1, -0.05) is 17.7 Å². The molecule has 3 rings (SSSR count). The lowest BCUT2D eigenvalue weighted by Crippen LogP contribution is -2.31. The summed E-state index contributed by atoms with van der Waals surface area (Å²) in [5.41, 5.74) is 2.60. The molecular formula is C19H17ClN2O3. The predicted octanol–water partition coefficient (Wildman–Crippen LogP) is 3.91. The van der Waals surface area contributed by atoms with Crippen LogP contribution >= 0.6 is 11.6 Å². The molecule has 1 atom stereocenters. The Balaban J connectivity index is 1.96. The van der Waals surface area contributed by atoms with Crippen LogP contribution < -0.4 is 0 Å². The topological polar surface area (TPSA) is 84.6 Å². The summed E-state index contributed by atoms with van der Waals surface area (Å²) in [5, 5.41) is 28.6. The Kier molecular flexibility index (Phi) is 4.56. The van der Waals surface area contributed by atoms with E-state index in [0.29, 0.717) is 12.1 Å². The number of phenols is 2. The number of aryl methyl sites for hydroxylation is 1. The fourth-order valence-corrected chi connectivity index (χ4v) is 3.49. The lowest BCUT2D eigenvalue weighted by atomic mass is 9.97. The van der Waals surface area contributed by atoms with E-state index in [-0.39, 0.29) is 34.0 Å². The minimum absolute atomic E-state index is 0.0199. The van der Waals surface area contributed by atoms with Gasteiger partial charge < -0.3 is 15.1 Å². The molecule has 0 aromatic heterocycles. The van der Waals surface area contributed by atoms with Crippen LogP contribution in [0.15, 0.2) is 30.3 Å². The molecule has 1 amide bonds. The molecule has 2 aromatic carbocycles. The van der Waals surface area contributed by atoms with Gasteiger partial charge in [0.25, 0.3) is 5.91 Å². The van der Waals surface area contributed by atoms with E-state index in [4.69, 9.17) is 16.9 Å². The molecule has 128 valence electrons. The number of hydrogen-bond donors (Lipinski definition) is 2. The van der Waals surface area contributed by atoms with Crippen LogP contribution in [0.25, 0.3) is 0 Å². The molecule has 0 saturated carbocycles. The van der Waals surface area contributed by atoms with Crippen molar-refractivity contribution in [2.75, 3.05) is 6.54 Å². The smallest absolute Gasteiger partial charge is 0.258 e. The van der Waals surface area contributed by atoms with E-state index in [1.54, 1.807) is 11.0 Å². The van der Waals surface area contributed by atoms with Gasteiger partial charge in [-0.25, -0.2) is 0 Å². The van der Waals surface area contributed by atoms with Gasteiger partial charge in [-0.3, -0.25) is 4.79 Å². The molecule has 1 heterocycles. The van der Waals surface area contributed by atoms with Gasteiger partial charge >= 0.3 is 0 Å². The van der Waals surface area contributed by atoms with Crippen LogP contribution in [0, 0.1) is 18.3 Å². The molecule has 0 radical (unpaired) electrons. The number of aromatic hydroxyl groups is 2. The number of amides is 1. The number of rotatable bonds is 2. The number of hydrogen-bond acceptors (Lipinski definition) is 4. The van der Waals surface area contributed by atoms with Crippen molar-refractivity contribution in [2.24, 2.45) is 0 Å². The molecular weight excluding hydrogens is 340 g/mol. The monoisotopic (exact) mass is 356 g/mol. The van der Waals surface area contributed by atoms with Crippen LogP contribution in [-0.4, -0.2) is 27.6 Å². The maximum Gasteiger partial charge on any atom is 0.258 e. The van der Waals surface area contributed by atoms with Crippen molar-refractivity contribution in [3.8, 4) is 17.6 Å². The zero-order valence-electron chi connectivity index (χ0n) is 13.7. The molecule has 1 saturated heterocycles. The van der Waals surface area contributed by atoms with Crippen molar-refractivity contribution >= 4 is 17.5 Å². The molecule has 6 heteroatoms. The van der Waals surface area contributed by atoms with Gasteiger partial charge in [0.1, 0.15) is 11.5 Å². The first kappa shape index (κ1) is 17.1. The maximum atomic E-state index is 12.9. The van der Waals surface area contributed by atoms with E-state index in [1.165, 1.54) is 6.07 Å². The SMILES string of the molecule is Cc1cc(C#N)ccc1[C@H]1CCCN1C(=O)c1cc(Cl)c(O)cc1O. The molecule has 0 bridgehead atoms. The summed E-state index contributed by atoms with van der Waals surface area (Å²) >= 11 is 5.89. The Morgan fingerprint density at radius 1 is 1.28 bits per heavy atom. The first-order valence-electron chi connectivity index (χ1n) is 7.95. The summed E-state index contributed by atoms with van der Waals surface area (Å²) in [7, 11) is 0. The van der Waals surface area contributed by atoms with Gasteiger partial charge in [-0.2, -0.15) is 5.26 Å². The number of nitriles is 1. The molecule has 1 aliphatic heterocycles. The minimum Gasteiger partial charge on any atom is -0.507 e. The Bertz CT molecular complexity index is 889. The molecule has 1 fully saturated rings. The summed E-state index contributed by atoms with van der Waals surface area (Å²) < 4.78 is 0.